The monoisotopic (exact) mass is 366 g/mol. The minimum absolute atomic E-state index is 0.280. The van der Waals surface area contributed by atoms with Gasteiger partial charge in [-0.15, -0.1) is 0 Å². The van der Waals surface area contributed by atoms with E-state index in [0.29, 0.717) is 22.8 Å². The lowest BCUT2D eigenvalue weighted by atomic mass is 10.1. The van der Waals surface area contributed by atoms with Crippen LogP contribution in [0.2, 0.25) is 0 Å². The summed E-state index contributed by atoms with van der Waals surface area (Å²) in [4.78, 5) is 11.8. The van der Waals surface area contributed by atoms with Crippen molar-refractivity contribution in [3.63, 3.8) is 0 Å². The van der Waals surface area contributed by atoms with Gasteiger partial charge in [-0.25, -0.2) is 4.79 Å². The third-order valence-electron chi connectivity index (χ3n) is 3.47. The van der Waals surface area contributed by atoms with Crippen LogP contribution in [0.4, 0.5) is 17.1 Å². The number of nitriles is 1. The minimum Gasteiger partial charge on any atom is -0.495 e. The number of nitrogens with two attached hydrogens (primary N) is 1. The van der Waals surface area contributed by atoms with E-state index in [0.717, 1.165) is 0 Å². The molecule has 0 heterocycles. The number of amidine groups is 1. The number of hydrogen-bond donors (Lipinski definition) is 4. The maximum absolute atomic E-state index is 11.8. The Morgan fingerprint density at radius 3 is 2.56 bits per heavy atom. The van der Waals surface area contributed by atoms with Gasteiger partial charge in [-0.1, -0.05) is 12.1 Å². The van der Waals surface area contributed by atoms with Gasteiger partial charge in [0.1, 0.15) is 11.8 Å². The highest BCUT2D eigenvalue weighted by atomic mass is 16.5. The van der Waals surface area contributed by atoms with Crippen molar-refractivity contribution in [3.05, 3.63) is 48.0 Å². The predicted octanol–water partition coefficient (Wildman–Crippen LogP) is 2.45. The summed E-state index contributed by atoms with van der Waals surface area (Å²) in [6, 6.07) is 13.7. The molecule has 0 unspecified atom stereocenters. The van der Waals surface area contributed by atoms with Crippen LogP contribution in [0.25, 0.3) is 0 Å². The van der Waals surface area contributed by atoms with Crippen molar-refractivity contribution in [3.8, 4) is 11.8 Å². The second kappa shape index (κ2) is 8.87. The van der Waals surface area contributed by atoms with Crippen molar-refractivity contribution < 1.29 is 14.3 Å². The number of rotatable bonds is 7. The van der Waals surface area contributed by atoms with E-state index in [4.69, 9.17) is 25.9 Å². The standard InChI is InChI=1S/C18H18N6O3/c1-26-16-6-4-3-5-13(16)22-12-8-7-11(18(25)27-2)9-14(12)23-24-15(10-19)17(20)21/h3-9,22-23H,1-2H3,(H3,20,21)/b24-15+. The number of methoxy groups -OCH3 is 2. The van der Waals surface area contributed by atoms with Crippen LogP contribution in [0.3, 0.4) is 0 Å². The lowest BCUT2D eigenvalue weighted by molar-refractivity contribution is 0.0601. The Labute approximate surface area is 155 Å². The Bertz CT molecular complexity index is 933. The molecule has 9 heteroatoms. The smallest absolute Gasteiger partial charge is 0.337 e. The first-order chi connectivity index (χ1) is 13.0. The predicted molar refractivity (Wildman–Crippen MR) is 103 cm³/mol. The fourth-order valence-electron chi connectivity index (χ4n) is 2.15. The van der Waals surface area contributed by atoms with Gasteiger partial charge in [0.2, 0.25) is 5.71 Å². The number of benzene rings is 2. The second-order valence-electron chi connectivity index (χ2n) is 5.17. The molecule has 0 aliphatic carbocycles. The van der Waals surface area contributed by atoms with Crippen molar-refractivity contribution in [1.29, 1.82) is 10.7 Å². The first-order valence-corrected chi connectivity index (χ1v) is 7.70. The van der Waals surface area contributed by atoms with Crippen LogP contribution in [-0.2, 0) is 4.74 Å². The molecular formula is C18H18N6O3. The number of nitrogens with zero attached hydrogens (tertiary/aromatic N) is 2. The molecule has 2 aromatic carbocycles. The summed E-state index contributed by atoms with van der Waals surface area (Å²) in [5, 5.41) is 23.3. The van der Waals surface area contributed by atoms with E-state index < -0.39 is 11.8 Å². The van der Waals surface area contributed by atoms with Crippen LogP contribution in [0.5, 0.6) is 5.75 Å². The van der Waals surface area contributed by atoms with Gasteiger partial charge in [-0.2, -0.15) is 10.4 Å². The Morgan fingerprint density at radius 2 is 1.93 bits per heavy atom. The van der Waals surface area contributed by atoms with Crippen molar-refractivity contribution in [1.82, 2.24) is 0 Å². The van der Waals surface area contributed by atoms with E-state index in [1.807, 2.05) is 18.2 Å². The zero-order valence-corrected chi connectivity index (χ0v) is 14.7. The Hall–Kier alpha value is -4.06. The molecule has 0 spiro atoms. The van der Waals surface area contributed by atoms with Crippen molar-refractivity contribution in [2.45, 2.75) is 0 Å². The molecule has 5 N–H and O–H groups in total. The summed E-state index contributed by atoms with van der Waals surface area (Å²) in [5.74, 6) is -0.392. The van der Waals surface area contributed by atoms with E-state index >= 15 is 0 Å². The molecule has 0 aliphatic rings. The van der Waals surface area contributed by atoms with E-state index in [1.165, 1.54) is 13.2 Å². The summed E-state index contributed by atoms with van der Waals surface area (Å²) in [5.41, 5.74) is 9.55. The second-order valence-corrected chi connectivity index (χ2v) is 5.17. The number of ether oxygens (including phenoxy) is 2. The van der Waals surface area contributed by atoms with Gasteiger partial charge >= 0.3 is 5.97 Å². The van der Waals surface area contributed by atoms with Gasteiger partial charge in [0.25, 0.3) is 0 Å². The number of carbonyl (C=O) groups excluding carboxylic acids is 1. The first kappa shape index (κ1) is 19.3. The fraction of sp³-hybridized carbons (Fsp3) is 0.111. The van der Waals surface area contributed by atoms with Gasteiger partial charge in [-0.3, -0.25) is 10.8 Å². The first-order valence-electron chi connectivity index (χ1n) is 7.70. The van der Waals surface area contributed by atoms with Crippen molar-refractivity contribution in [2.24, 2.45) is 10.8 Å². The van der Waals surface area contributed by atoms with Crippen LogP contribution in [0, 0.1) is 16.7 Å². The van der Waals surface area contributed by atoms with E-state index in [-0.39, 0.29) is 11.3 Å². The normalized spacial score (nSPS) is 10.5. The minimum atomic E-state index is -0.530. The molecule has 2 aromatic rings. The quantitative estimate of drug-likeness (QED) is 0.255. The maximum Gasteiger partial charge on any atom is 0.337 e. The highest BCUT2D eigenvalue weighted by Crippen LogP contribution is 2.32. The number of esters is 1. The number of para-hydroxylation sites is 2. The molecule has 138 valence electrons. The van der Waals surface area contributed by atoms with Crippen LogP contribution in [0.1, 0.15) is 10.4 Å². The lowest BCUT2D eigenvalue weighted by Gasteiger charge is -2.15. The Balaban J connectivity index is 2.45. The number of nitrogens with one attached hydrogen (secondary N) is 3. The molecule has 27 heavy (non-hydrogen) atoms. The zero-order chi connectivity index (χ0) is 19.8. The summed E-state index contributed by atoms with van der Waals surface area (Å²) in [7, 11) is 2.83. The lowest BCUT2D eigenvalue weighted by Crippen LogP contribution is -2.22. The number of hydrogen-bond acceptors (Lipinski definition) is 8. The molecule has 0 saturated carbocycles. The van der Waals surface area contributed by atoms with Crippen LogP contribution < -0.4 is 21.2 Å². The summed E-state index contributed by atoms with van der Waals surface area (Å²) in [6.45, 7) is 0. The van der Waals surface area contributed by atoms with Gasteiger partial charge in [-0.05, 0) is 30.3 Å². The van der Waals surface area contributed by atoms with Crippen LogP contribution >= 0.6 is 0 Å². The maximum atomic E-state index is 11.8. The van der Waals surface area contributed by atoms with E-state index in [1.54, 1.807) is 31.4 Å². The number of carbonyl (C=O) groups is 1. The Morgan fingerprint density at radius 1 is 1.19 bits per heavy atom. The largest absolute Gasteiger partial charge is 0.495 e. The van der Waals surface area contributed by atoms with E-state index in [9.17, 15) is 4.79 Å². The molecule has 9 nitrogen and oxygen atoms in total. The highest BCUT2D eigenvalue weighted by Gasteiger charge is 2.12. The van der Waals surface area contributed by atoms with Gasteiger partial charge < -0.3 is 20.5 Å². The fourth-order valence-corrected chi connectivity index (χ4v) is 2.15. The van der Waals surface area contributed by atoms with Gasteiger partial charge in [0.05, 0.1) is 36.8 Å². The summed E-state index contributed by atoms with van der Waals surface area (Å²) in [6.07, 6.45) is 0. The van der Waals surface area contributed by atoms with Gasteiger partial charge in [0.15, 0.2) is 5.84 Å². The van der Waals surface area contributed by atoms with Crippen LogP contribution in [-0.4, -0.2) is 31.7 Å². The number of hydrazone groups is 1. The molecule has 0 aromatic heterocycles. The molecule has 0 atom stereocenters. The third-order valence-corrected chi connectivity index (χ3v) is 3.47. The number of anilines is 3. The Kier molecular flexibility index (Phi) is 6.33. The molecular weight excluding hydrogens is 348 g/mol. The van der Waals surface area contributed by atoms with Crippen molar-refractivity contribution in [2.75, 3.05) is 25.0 Å². The van der Waals surface area contributed by atoms with Crippen LogP contribution in [0.15, 0.2) is 47.6 Å². The highest BCUT2D eigenvalue weighted by molar-refractivity contribution is 6.45. The van der Waals surface area contributed by atoms with Gasteiger partial charge in [0, 0.05) is 0 Å². The van der Waals surface area contributed by atoms with E-state index in [2.05, 4.69) is 15.8 Å². The SMILES string of the molecule is COC(=O)c1ccc(Nc2ccccc2OC)c(N/N=C(\C#N)C(=N)N)c1. The third kappa shape index (κ3) is 4.73. The summed E-state index contributed by atoms with van der Waals surface area (Å²) >= 11 is 0. The molecule has 0 fully saturated rings. The van der Waals surface area contributed by atoms with Crippen molar-refractivity contribution >= 4 is 34.6 Å². The average molecular weight is 366 g/mol. The summed E-state index contributed by atoms with van der Waals surface area (Å²) < 4.78 is 10.0. The topological polar surface area (TPSA) is 146 Å². The zero-order valence-electron chi connectivity index (χ0n) is 14.7. The molecule has 0 saturated heterocycles. The molecule has 0 aliphatic heterocycles. The molecule has 0 amide bonds. The average Bonchev–Trinajstić information content (AvgIpc) is 2.69. The molecule has 2 rings (SSSR count). The molecule has 0 radical (unpaired) electrons. The molecule has 0 bridgehead atoms.